The van der Waals surface area contributed by atoms with Gasteiger partial charge in [0.1, 0.15) is 0 Å². The SMILES string of the molecule is CCCC1CCC(N)C(N2CCCC3CCCC32)C1. The average Bonchev–Trinajstić information content (AvgIpc) is 2.89. The molecule has 5 unspecified atom stereocenters. The van der Waals surface area contributed by atoms with Gasteiger partial charge in [-0.1, -0.05) is 26.2 Å². The smallest absolute Gasteiger partial charge is 0.0252 e. The molecule has 2 saturated carbocycles. The van der Waals surface area contributed by atoms with Gasteiger partial charge >= 0.3 is 0 Å². The highest BCUT2D eigenvalue weighted by molar-refractivity contribution is 4.97. The summed E-state index contributed by atoms with van der Waals surface area (Å²) in [5, 5.41) is 0. The summed E-state index contributed by atoms with van der Waals surface area (Å²) in [7, 11) is 0. The Morgan fingerprint density at radius 3 is 2.68 bits per heavy atom. The predicted octanol–water partition coefficient (Wildman–Crippen LogP) is 3.55. The van der Waals surface area contributed by atoms with Crippen LogP contribution in [0.2, 0.25) is 0 Å². The molecule has 3 rings (SSSR count). The first-order chi connectivity index (χ1) is 9.29. The Labute approximate surface area is 119 Å². The first-order valence-electron chi connectivity index (χ1n) is 8.81. The molecular weight excluding hydrogens is 232 g/mol. The van der Waals surface area contributed by atoms with Gasteiger partial charge in [-0.2, -0.15) is 0 Å². The maximum atomic E-state index is 6.51. The first kappa shape index (κ1) is 13.9. The summed E-state index contributed by atoms with van der Waals surface area (Å²) in [5.74, 6) is 1.96. The molecule has 0 bridgehead atoms. The molecule has 0 radical (unpaired) electrons. The highest BCUT2D eigenvalue weighted by Crippen LogP contribution is 2.41. The van der Waals surface area contributed by atoms with E-state index in [0.717, 1.165) is 17.9 Å². The van der Waals surface area contributed by atoms with E-state index >= 15 is 0 Å². The fourth-order valence-electron chi connectivity index (χ4n) is 5.21. The van der Waals surface area contributed by atoms with Crippen molar-refractivity contribution in [3.8, 4) is 0 Å². The number of hydrogen-bond donors (Lipinski definition) is 1. The van der Waals surface area contributed by atoms with Crippen LogP contribution in [0.4, 0.5) is 0 Å². The number of hydrogen-bond acceptors (Lipinski definition) is 2. The lowest BCUT2D eigenvalue weighted by atomic mass is 9.78. The summed E-state index contributed by atoms with van der Waals surface area (Å²) >= 11 is 0. The van der Waals surface area contributed by atoms with Gasteiger partial charge in [0.15, 0.2) is 0 Å². The van der Waals surface area contributed by atoms with Crippen molar-refractivity contribution in [2.45, 2.75) is 89.3 Å². The van der Waals surface area contributed by atoms with Crippen LogP contribution in [-0.4, -0.2) is 29.6 Å². The predicted molar refractivity (Wildman–Crippen MR) is 81.1 cm³/mol. The molecule has 2 N–H and O–H groups in total. The van der Waals surface area contributed by atoms with Gasteiger partial charge in [0.2, 0.25) is 0 Å². The van der Waals surface area contributed by atoms with Gasteiger partial charge in [0.05, 0.1) is 0 Å². The highest BCUT2D eigenvalue weighted by atomic mass is 15.2. The number of fused-ring (bicyclic) bond motifs is 1. The van der Waals surface area contributed by atoms with Crippen LogP contribution in [0.1, 0.15) is 71.1 Å². The van der Waals surface area contributed by atoms with Gasteiger partial charge in [-0.15, -0.1) is 0 Å². The second-order valence-corrected chi connectivity index (χ2v) is 7.34. The fourth-order valence-corrected chi connectivity index (χ4v) is 5.21. The average molecular weight is 264 g/mol. The van der Waals surface area contributed by atoms with E-state index in [9.17, 15) is 0 Å². The number of piperidine rings is 1. The number of likely N-dealkylation sites (tertiary alicyclic amines) is 1. The Bertz CT molecular complexity index is 291. The lowest BCUT2D eigenvalue weighted by Gasteiger charge is -2.48. The monoisotopic (exact) mass is 264 g/mol. The van der Waals surface area contributed by atoms with Crippen LogP contribution >= 0.6 is 0 Å². The summed E-state index contributed by atoms with van der Waals surface area (Å²) in [6, 6.07) is 2.05. The van der Waals surface area contributed by atoms with E-state index in [2.05, 4.69) is 11.8 Å². The van der Waals surface area contributed by atoms with Gasteiger partial charge in [-0.05, 0) is 63.3 Å². The van der Waals surface area contributed by atoms with Crippen LogP contribution in [0.15, 0.2) is 0 Å². The molecule has 2 heteroatoms. The number of rotatable bonds is 3. The van der Waals surface area contributed by atoms with Crippen molar-refractivity contribution in [3.05, 3.63) is 0 Å². The van der Waals surface area contributed by atoms with Gasteiger partial charge in [-0.3, -0.25) is 4.90 Å². The van der Waals surface area contributed by atoms with Crippen molar-refractivity contribution in [2.24, 2.45) is 17.6 Å². The van der Waals surface area contributed by atoms with Crippen LogP contribution in [0.25, 0.3) is 0 Å². The summed E-state index contributed by atoms with van der Waals surface area (Å²) in [5.41, 5.74) is 6.51. The van der Waals surface area contributed by atoms with Crippen molar-refractivity contribution in [2.75, 3.05) is 6.54 Å². The zero-order valence-electron chi connectivity index (χ0n) is 12.7. The van der Waals surface area contributed by atoms with Crippen LogP contribution in [0.5, 0.6) is 0 Å². The lowest BCUT2D eigenvalue weighted by molar-refractivity contribution is 0.0267. The minimum Gasteiger partial charge on any atom is -0.326 e. The van der Waals surface area contributed by atoms with Crippen molar-refractivity contribution in [1.82, 2.24) is 4.90 Å². The van der Waals surface area contributed by atoms with Crippen molar-refractivity contribution >= 4 is 0 Å². The molecule has 3 aliphatic rings. The van der Waals surface area contributed by atoms with Crippen molar-refractivity contribution in [3.63, 3.8) is 0 Å². The van der Waals surface area contributed by atoms with E-state index in [1.54, 1.807) is 0 Å². The second kappa shape index (κ2) is 6.13. The Balaban J connectivity index is 1.68. The fraction of sp³-hybridized carbons (Fsp3) is 1.00. The van der Waals surface area contributed by atoms with Crippen molar-refractivity contribution < 1.29 is 0 Å². The van der Waals surface area contributed by atoms with Crippen LogP contribution in [0, 0.1) is 11.8 Å². The Hall–Kier alpha value is -0.0800. The molecule has 0 aromatic carbocycles. The maximum absolute atomic E-state index is 6.51. The molecule has 0 spiro atoms. The Morgan fingerprint density at radius 1 is 1.00 bits per heavy atom. The summed E-state index contributed by atoms with van der Waals surface area (Å²) in [6.45, 7) is 3.66. The van der Waals surface area contributed by atoms with Crippen molar-refractivity contribution in [1.29, 1.82) is 0 Å². The normalized spacial score (nSPS) is 44.2. The van der Waals surface area contributed by atoms with E-state index < -0.39 is 0 Å². The van der Waals surface area contributed by atoms with Gasteiger partial charge in [0, 0.05) is 18.1 Å². The van der Waals surface area contributed by atoms with Crippen LogP contribution < -0.4 is 5.73 Å². The molecular formula is C17H32N2. The Kier molecular flexibility index (Phi) is 4.48. The Morgan fingerprint density at radius 2 is 1.84 bits per heavy atom. The minimum atomic E-state index is 0.451. The maximum Gasteiger partial charge on any atom is 0.0252 e. The highest BCUT2D eigenvalue weighted by Gasteiger charge is 2.41. The quantitative estimate of drug-likeness (QED) is 0.844. The van der Waals surface area contributed by atoms with Crippen LogP contribution in [-0.2, 0) is 0 Å². The summed E-state index contributed by atoms with van der Waals surface area (Å²) in [6.07, 6.45) is 14.1. The third kappa shape index (κ3) is 2.85. The first-order valence-corrected chi connectivity index (χ1v) is 8.81. The molecule has 1 saturated heterocycles. The van der Waals surface area contributed by atoms with E-state index in [0.29, 0.717) is 12.1 Å². The second-order valence-electron chi connectivity index (χ2n) is 7.34. The number of nitrogens with zero attached hydrogens (tertiary/aromatic N) is 1. The molecule has 3 fully saturated rings. The molecule has 110 valence electrons. The molecule has 0 aromatic rings. The van der Waals surface area contributed by atoms with Crippen LogP contribution in [0.3, 0.4) is 0 Å². The third-order valence-corrected chi connectivity index (χ3v) is 6.14. The molecule has 1 aliphatic heterocycles. The zero-order chi connectivity index (χ0) is 13.2. The van der Waals surface area contributed by atoms with E-state index in [-0.39, 0.29) is 0 Å². The molecule has 1 heterocycles. The van der Waals surface area contributed by atoms with E-state index in [1.165, 1.54) is 70.8 Å². The van der Waals surface area contributed by atoms with E-state index in [1.807, 2.05) is 0 Å². The topological polar surface area (TPSA) is 29.3 Å². The molecule has 5 atom stereocenters. The molecule has 2 nitrogen and oxygen atoms in total. The standard InChI is InChI=1S/C17H32N2/c1-2-5-13-9-10-15(18)17(12-13)19-11-4-7-14-6-3-8-16(14)19/h13-17H,2-12,18H2,1H3. The van der Waals surface area contributed by atoms with E-state index in [4.69, 9.17) is 5.73 Å². The van der Waals surface area contributed by atoms with Gasteiger partial charge in [0.25, 0.3) is 0 Å². The summed E-state index contributed by atoms with van der Waals surface area (Å²) < 4.78 is 0. The lowest BCUT2D eigenvalue weighted by Crippen LogP contribution is -2.57. The van der Waals surface area contributed by atoms with Gasteiger partial charge < -0.3 is 5.73 Å². The molecule has 0 amide bonds. The van der Waals surface area contributed by atoms with Gasteiger partial charge in [-0.25, -0.2) is 0 Å². The molecule has 19 heavy (non-hydrogen) atoms. The minimum absolute atomic E-state index is 0.451. The molecule has 2 aliphatic carbocycles. The largest absolute Gasteiger partial charge is 0.326 e. The summed E-state index contributed by atoms with van der Waals surface area (Å²) in [4.78, 5) is 2.87. The zero-order valence-corrected chi connectivity index (χ0v) is 12.7. The molecule has 0 aromatic heterocycles. The third-order valence-electron chi connectivity index (χ3n) is 6.14. The number of nitrogens with two attached hydrogens (primary N) is 1.